The molecular formula is C36H37N5O3. The van der Waals surface area contributed by atoms with Crippen molar-refractivity contribution < 1.29 is 14.6 Å². The van der Waals surface area contributed by atoms with Crippen LogP contribution in [0.15, 0.2) is 42.5 Å². The number of ether oxygens (including phenoxy) is 1. The Kier molecular flexibility index (Phi) is 5.40. The summed E-state index contributed by atoms with van der Waals surface area (Å²) in [5, 5.41) is 11.3. The summed E-state index contributed by atoms with van der Waals surface area (Å²) < 4.78 is 10.3. The lowest BCUT2D eigenvalue weighted by atomic mass is 9.53. The number of nitrogens with zero attached hydrogens (tertiary/aromatic N) is 5. The number of rotatable bonds is 6. The Labute approximate surface area is 256 Å². The van der Waals surface area contributed by atoms with Crippen molar-refractivity contribution in [1.29, 1.82) is 0 Å². The van der Waals surface area contributed by atoms with Crippen LogP contribution in [-0.2, 0) is 13.6 Å². The predicted molar refractivity (Wildman–Crippen MR) is 170 cm³/mol. The molecule has 0 radical (unpaired) electrons. The Balaban J connectivity index is 1.16. The molecule has 9 rings (SSSR count). The predicted octanol–water partition coefficient (Wildman–Crippen LogP) is 6.48. The number of hydrogen-bond donors (Lipinski definition) is 1. The molecular weight excluding hydrogens is 550 g/mol. The summed E-state index contributed by atoms with van der Waals surface area (Å²) in [5.74, 6) is 4.82. The maximum absolute atomic E-state index is 13.8. The third kappa shape index (κ3) is 3.66. The van der Waals surface area contributed by atoms with Crippen LogP contribution in [0.3, 0.4) is 0 Å². The van der Waals surface area contributed by atoms with E-state index in [0.29, 0.717) is 34.9 Å². The molecule has 44 heavy (non-hydrogen) atoms. The van der Waals surface area contributed by atoms with Gasteiger partial charge in [-0.3, -0.25) is 4.79 Å². The van der Waals surface area contributed by atoms with Gasteiger partial charge in [0.15, 0.2) is 5.82 Å². The van der Waals surface area contributed by atoms with Crippen molar-refractivity contribution in [1.82, 2.24) is 24.0 Å². The van der Waals surface area contributed by atoms with Crippen LogP contribution in [-0.4, -0.2) is 54.7 Å². The van der Waals surface area contributed by atoms with E-state index < -0.39 is 0 Å². The van der Waals surface area contributed by atoms with Crippen LogP contribution in [0.1, 0.15) is 47.2 Å². The van der Waals surface area contributed by atoms with Gasteiger partial charge in [-0.1, -0.05) is 0 Å². The molecule has 0 bridgehead atoms. The second-order valence-corrected chi connectivity index (χ2v) is 13.8. The van der Waals surface area contributed by atoms with E-state index in [9.17, 15) is 9.90 Å². The van der Waals surface area contributed by atoms with Gasteiger partial charge < -0.3 is 23.9 Å². The van der Waals surface area contributed by atoms with E-state index in [2.05, 4.69) is 32.2 Å². The summed E-state index contributed by atoms with van der Waals surface area (Å²) in [6, 6.07) is 14.5. The van der Waals surface area contributed by atoms with Gasteiger partial charge in [-0.25, -0.2) is 9.97 Å². The Bertz CT molecular complexity index is 2040. The number of carbonyl (C=O) groups excluding carboxylic acids is 1. The molecule has 8 nitrogen and oxygen atoms in total. The summed E-state index contributed by atoms with van der Waals surface area (Å²) in [4.78, 5) is 26.3. The zero-order valence-corrected chi connectivity index (χ0v) is 25.7. The molecule has 4 aliphatic rings. The van der Waals surface area contributed by atoms with Crippen molar-refractivity contribution in [3.63, 3.8) is 0 Å². The smallest absolute Gasteiger partial charge is 0.254 e. The molecule has 1 saturated heterocycles. The minimum Gasteiger partial charge on any atom is -0.508 e. The standard InChI is InChI=1S/C36H37N5O3/c1-18-10-30(42)19(2)9-25(18)26-8-7-21-13-29(40(34(21)37-26)16-20-5-6-20)35-38-27-12-23(15-31(44-4)33(27)39(35)3)36(43)41-17-24-11-22-14-28(41)32(22)24/h7-10,12-13,15,20,22,24,28,32,42H,5-6,11,14,16-17H2,1-4H3/t22?,24?,28?,32-/m1/s1. The van der Waals surface area contributed by atoms with Gasteiger partial charge in [0.1, 0.15) is 22.7 Å². The van der Waals surface area contributed by atoms with Crippen molar-refractivity contribution in [3.8, 4) is 34.3 Å². The number of pyridine rings is 1. The van der Waals surface area contributed by atoms with E-state index in [-0.39, 0.29) is 5.91 Å². The highest BCUT2D eigenvalue weighted by Crippen LogP contribution is 2.60. The van der Waals surface area contributed by atoms with Crippen LogP contribution in [0.25, 0.3) is 44.8 Å². The van der Waals surface area contributed by atoms with Crippen LogP contribution < -0.4 is 4.74 Å². The van der Waals surface area contributed by atoms with Gasteiger partial charge >= 0.3 is 0 Å². The number of methoxy groups -OCH3 is 1. The van der Waals surface area contributed by atoms with Crippen molar-refractivity contribution in [2.24, 2.45) is 30.7 Å². The van der Waals surface area contributed by atoms with Crippen LogP contribution in [0, 0.1) is 37.5 Å². The van der Waals surface area contributed by atoms with Gasteiger partial charge in [-0.05, 0) is 117 Å². The van der Waals surface area contributed by atoms with E-state index in [1.807, 2.05) is 45.2 Å². The molecule has 1 N–H and O–H groups in total. The Morgan fingerprint density at radius 2 is 1.86 bits per heavy atom. The minimum atomic E-state index is 0.106. The SMILES string of the molecule is COc1cc(C(=O)N2CC3CC4CC2[C@H]43)cc2nc(-c3cc4ccc(-c5cc(C)c(O)cc5C)nc4n3CC3CC3)n(C)c12. The first-order chi connectivity index (χ1) is 21.3. The van der Waals surface area contributed by atoms with Crippen LogP contribution in [0.4, 0.5) is 0 Å². The summed E-state index contributed by atoms with van der Waals surface area (Å²) in [6.07, 6.45) is 4.89. The first-order valence-electron chi connectivity index (χ1n) is 16.0. The fourth-order valence-corrected chi connectivity index (χ4v) is 8.47. The lowest BCUT2D eigenvalue weighted by Crippen LogP contribution is -2.53. The van der Waals surface area contributed by atoms with Crippen molar-refractivity contribution in [3.05, 3.63) is 59.2 Å². The van der Waals surface area contributed by atoms with Crippen molar-refractivity contribution >= 4 is 28.0 Å². The van der Waals surface area contributed by atoms with Crippen LogP contribution >= 0.6 is 0 Å². The molecule has 3 aliphatic carbocycles. The zero-order valence-electron chi connectivity index (χ0n) is 25.7. The molecule has 3 saturated carbocycles. The van der Waals surface area contributed by atoms with E-state index >= 15 is 0 Å². The summed E-state index contributed by atoms with van der Waals surface area (Å²) in [6.45, 7) is 5.70. The third-order valence-corrected chi connectivity index (χ3v) is 11.1. The zero-order chi connectivity index (χ0) is 30.0. The van der Waals surface area contributed by atoms with E-state index in [1.54, 1.807) is 7.11 Å². The number of amides is 1. The highest BCUT2D eigenvalue weighted by molar-refractivity contribution is 6.00. The monoisotopic (exact) mass is 587 g/mol. The highest BCUT2D eigenvalue weighted by atomic mass is 16.5. The molecule has 224 valence electrons. The topological polar surface area (TPSA) is 85.4 Å². The second kappa shape index (κ2) is 9.10. The number of likely N-dealkylation sites (tertiary alicyclic amines) is 1. The fraction of sp³-hybridized carbons (Fsp3) is 0.417. The number of aromatic hydroxyl groups is 1. The van der Waals surface area contributed by atoms with Gasteiger partial charge in [0.05, 0.1) is 24.0 Å². The molecule has 4 atom stereocenters. The Morgan fingerprint density at radius 3 is 2.61 bits per heavy atom. The number of imidazole rings is 1. The maximum Gasteiger partial charge on any atom is 0.254 e. The summed E-state index contributed by atoms with van der Waals surface area (Å²) >= 11 is 0. The average Bonchev–Trinajstić information content (AvgIpc) is 3.67. The molecule has 3 aromatic heterocycles. The quantitative estimate of drug-likeness (QED) is 0.246. The van der Waals surface area contributed by atoms with Crippen LogP contribution in [0.5, 0.6) is 11.5 Å². The molecule has 8 heteroatoms. The van der Waals surface area contributed by atoms with E-state index in [4.69, 9.17) is 14.7 Å². The van der Waals surface area contributed by atoms with Gasteiger partial charge in [-0.15, -0.1) is 0 Å². The molecule has 4 heterocycles. The second-order valence-electron chi connectivity index (χ2n) is 13.8. The number of phenols is 1. The first-order valence-corrected chi connectivity index (χ1v) is 16.0. The first kappa shape index (κ1) is 26.1. The number of phenolic OH excluding ortho intramolecular Hbond substituents is 1. The molecule has 4 fully saturated rings. The molecule has 0 spiro atoms. The molecule has 2 aromatic carbocycles. The van der Waals surface area contributed by atoms with E-state index in [1.165, 1.54) is 19.3 Å². The van der Waals surface area contributed by atoms with Crippen LogP contribution in [0.2, 0.25) is 0 Å². The van der Waals surface area contributed by atoms with Crippen molar-refractivity contribution in [2.45, 2.75) is 52.1 Å². The molecule has 5 aromatic rings. The summed E-state index contributed by atoms with van der Waals surface area (Å²) in [5.41, 5.74) is 8.01. The minimum absolute atomic E-state index is 0.106. The van der Waals surface area contributed by atoms with Gasteiger partial charge in [-0.2, -0.15) is 0 Å². The third-order valence-electron chi connectivity index (χ3n) is 11.1. The number of hydrogen-bond acceptors (Lipinski definition) is 5. The fourth-order valence-electron chi connectivity index (χ4n) is 8.47. The van der Waals surface area contributed by atoms with Gasteiger partial charge in [0.2, 0.25) is 0 Å². The lowest BCUT2D eigenvalue weighted by molar-refractivity contribution is -0.0204. The molecule has 1 aliphatic heterocycles. The van der Waals surface area contributed by atoms with Gasteiger partial charge in [0, 0.05) is 42.7 Å². The number of aryl methyl sites for hydroxylation is 3. The van der Waals surface area contributed by atoms with Crippen molar-refractivity contribution in [2.75, 3.05) is 13.7 Å². The molecule has 3 unspecified atom stereocenters. The average molecular weight is 588 g/mol. The van der Waals surface area contributed by atoms with Gasteiger partial charge in [0.25, 0.3) is 5.91 Å². The number of aromatic nitrogens is 4. The van der Waals surface area contributed by atoms with E-state index in [0.717, 1.165) is 87.3 Å². The number of carbonyl (C=O) groups is 1. The number of fused-ring (bicyclic) bond motifs is 2. The highest BCUT2D eigenvalue weighted by Gasteiger charge is 2.61. The Hall–Kier alpha value is -4.33. The lowest BCUT2D eigenvalue weighted by Gasteiger charge is -2.52. The Morgan fingerprint density at radius 1 is 1.02 bits per heavy atom. The molecule has 1 amide bonds. The normalized spacial score (nSPS) is 23.6. The summed E-state index contributed by atoms with van der Waals surface area (Å²) in [7, 11) is 3.70. The maximum atomic E-state index is 13.8. The largest absolute Gasteiger partial charge is 0.508 e. The number of benzene rings is 2.